The first-order chi connectivity index (χ1) is 4.83. The molecule has 63 valence electrons. The van der Waals surface area contributed by atoms with Gasteiger partial charge in [0, 0.05) is 13.6 Å². The summed E-state index contributed by atoms with van der Waals surface area (Å²) in [6.45, 7) is 3.18. The van der Waals surface area contributed by atoms with Crippen molar-refractivity contribution in [1.82, 2.24) is 9.13 Å². The van der Waals surface area contributed by atoms with E-state index in [1.165, 1.54) is 15.4 Å². The summed E-state index contributed by atoms with van der Waals surface area (Å²) < 4.78 is 4.16. The molecule has 1 rings (SSSR count). The summed E-state index contributed by atoms with van der Waals surface area (Å²) >= 11 is 1.33. The number of aromatic nitrogens is 2. The number of rotatable bonds is 1. The second-order valence-corrected chi connectivity index (χ2v) is 1.91. The van der Waals surface area contributed by atoms with Crippen LogP contribution in [0.3, 0.4) is 0 Å². The molecule has 1 aromatic rings. The molecule has 0 aliphatic carbocycles. The Morgan fingerprint density at radius 3 is 2.18 bits per heavy atom. The fraction of sp³-hybridized carbons (Fsp3) is 0.500. The first kappa shape index (κ1) is 13.9. The molecule has 11 heavy (non-hydrogen) atoms. The van der Waals surface area contributed by atoms with E-state index in [4.69, 9.17) is 0 Å². The Kier molecular flexibility index (Phi) is 10.6. The second-order valence-electron chi connectivity index (χ2n) is 1.91. The maximum atomic E-state index is 4.67. The highest BCUT2D eigenvalue weighted by Gasteiger charge is 1.91. The van der Waals surface area contributed by atoms with Gasteiger partial charge in [0.15, 0.2) is 18.7 Å². The lowest BCUT2D eigenvalue weighted by molar-refractivity contribution is -0.00000214. The standard InChI is InChI=1S/C6H11N2.Al.2ClH.H/c1-3-8-5-4-7(2)6-8;;;;/h4-6H,3H2,1-2H3;;2*1H;/q2*+1;;;/p-2. The fourth-order valence-electron chi connectivity index (χ4n) is 0.689. The first-order valence-electron chi connectivity index (χ1n) is 3.10. The van der Waals surface area contributed by atoms with Crippen LogP contribution < -0.4 is 12.4 Å². The van der Waals surface area contributed by atoms with Crippen molar-refractivity contribution in [2.24, 2.45) is 7.05 Å². The molecule has 0 saturated heterocycles. The molecule has 1 aromatic heterocycles. The minimum atomic E-state index is 0. The Labute approximate surface area is 86.2 Å². The maximum absolute atomic E-state index is 4.67. The SMILES string of the molecule is CCn1ccn(C)[cH+]1.[AlH][Cl].[Cl-]. The monoisotopic (exact) mass is 209 g/mol. The van der Waals surface area contributed by atoms with Crippen LogP contribution >= 0.6 is 10.0 Å². The summed E-state index contributed by atoms with van der Waals surface area (Å²) in [5, 5.41) is 0. The van der Waals surface area contributed by atoms with Crippen LogP contribution in [0.2, 0.25) is 0 Å². The van der Waals surface area contributed by atoms with E-state index in [0.29, 0.717) is 0 Å². The molecule has 0 atom stereocenters. The van der Waals surface area contributed by atoms with E-state index in [9.17, 15) is 0 Å². The van der Waals surface area contributed by atoms with Crippen molar-refractivity contribution in [3.05, 3.63) is 18.7 Å². The van der Waals surface area contributed by atoms with Gasteiger partial charge in [-0.15, -0.1) is 0 Å². The van der Waals surface area contributed by atoms with E-state index in [2.05, 4.69) is 34.1 Å². The molecule has 0 saturated carbocycles. The van der Waals surface area contributed by atoms with E-state index >= 15 is 0 Å². The summed E-state index contributed by atoms with van der Waals surface area (Å²) in [7, 11) is 6.69. The third-order valence-electron chi connectivity index (χ3n) is 1.19. The Morgan fingerprint density at radius 2 is 2.00 bits per heavy atom. The lowest BCUT2D eigenvalue weighted by atomic mass is 10.7. The van der Waals surface area contributed by atoms with Gasteiger partial charge in [0.25, 0.3) is 0 Å². The summed E-state index contributed by atoms with van der Waals surface area (Å²) in [6.07, 6.45) is 6.14. The zero-order chi connectivity index (χ0) is 7.98. The second kappa shape index (κ2) is 8.42. The number of imidazole rings is 1. The molecule has 0 bridgehead atoms. The minimum Gasteiger partial charge on any atom is -1.00 e. The van der Waals surface area contributed by atoms with Gasteiger partial charge in [-0.05, 0) is 6.92 Å². The molecule has 0 aliphatic heterocycles. The number of halogens is 2. The molecule has 0 fully saturated rings. The van der Waals surface area contributed by atoms with Crippen LogP contribution in [0.25, 0.3) is 0 Å². The highest BCUT2D eigenvalue weighted by atomic mass is 35.6. The molecule has 5 heteroatoms. The van der Waals surface area contributed by atoms with Crippen molar-refractivity contribution in [2.45, 2.75) is 13.5 Å². The summed E-state index contributed by atoms with van der Waals surface area (Å²) in [6, 6.07) is 0. The Morgan fingerprint density at radius 1 is 1.45 bits per heavy atom. The van der Waals surface area contributed by atoms with Gasteiger partial charge in [-0.25, -0.2) is 9.13 Å². The molecule has 0 amide bonds. The van der Waals surface area contributed by atoms with Crippen molar-refractivity contribution in [1.29, 1.82) is 0 Å². The molecule has 0 unspecified atom stereocenters. The van der Waals surface area contributed by atoms with Gasteiger partial charge in [0.2, 0.25) is 0 Å². The van der Waals surface area contributed by atoms with Gasteiger partial charge in [-0.3, -0.25) is 10.0 Å². The van der Waals surface area contributed by atoms with Crippen molar-refractivity contribution in [3.63, 3.8) is 0 Å². The Hall–Kier alpha value is 0.322. The molecule has 1 heterocycles. The van der Waals surface area contributed by atoms with Crippen LogP contribution in [0, 0.1) is 0 Å². The predicted octanol–water partition coefficient (Wildman–Crippen LogP) is -1.83. The van der Waals surface area contributed by atoms with Crippen LogP contribution in [0.4, 0.5) is 0 Å². The molecule has 0 N–H and O–H groups in total. The summed E-state index contributed by atoms with van der Waals surface area (Å²) in [5.41, 5.74) is 0. The van der Waals surface area contributed by atoms with Gasteiger partial charge < -0.3 is 12.4 Å². The zero-order valence-corrected chi connectivity index (χ0v) is 9.72. The average molecular weight is 210 g/mol. The van der Waals surface area contributed by atoms with Crippen LogP contribution in [-0.4, -0.2) is 24.5 Å². The van der Waals surface area contributed by atoms with Crippen molar-refractivity contribution in [2.75, 3.05) is 0 Å². The zero-order valence-electron chi connectivity index (χ0n) is 6.80. The van der Waals surface area contributed by atoms with Crippen molar-refractivity contribution in [3.8, 4) is 0 Å². The smallest absolute Gasteiger partial charge is 0.329 e. The Bertz CT molecular complexity index is 179. The quantitative estimate of drug-likeness (QED) is 0.381. The van der Waals surface area contributed by atoms with Gasteiger partial charge in [-0.1, -0.05) is 0 Å². The molecule has 0 aromatic carbocycles. The van der Waals surface area contributed by atoms with Crippen LogP contribution in [0.15, 0.2) is 18.7 Å². The highest BCUT2D eigenvalue weighted by Crippen LogP contribution is 1.86. The summed E-state index contributed by atoms with van der Waals surface area (Å²) in [5.74, 6) is 0. The lowest BCUT2D eigenvalue weighted by Gasteiger charge is -1.82. The van der Waals surface area contributed by atoms with Crippen molar-refractivity contribution >= 4 is 25.4 Å². The number of nitrogens with zero attached hydrogens (tertiary/aromatic N) is 2. The summed E-state index contributed by atoms with van der Waals surface area (Å²) in [4.78, 5) is 0. The number of aryl methyl sites for hydroxylation is 2. The van der Waals surface area contributed by atoms with E-state index in [1.54, 1.807) is 0 Å². The van der Waals surface area contributed by atoms with Crippen LogP contribution in [0.5, 0.6) is 0 Å². The number of hydrogen-bond acceptors (Lipinski definition) is 0. The molecule has 1 radical (unpaired) electrons. The molecular formula is C6H12AlCl2N2. The van der Waals surface area contributed by atoms with Crippen LogP contribution in [0.1, 0.15) is 6.92 Å². The Balaban J connectivity index is 0. The normalized spacial score (nSPS) is 7.55. The van der Waals surface area contributed by atoms with E-state index in [0.717, 1.165) is 6.54 Å². The van der Waals surface area contributed by atoms with E-state index in [1.807, 2.05) is 17.8 Å². The van der Waals surface area contributed by atoms with Crippen LogP contribution in [-0.2, 0) is 13.6 Å². The molecule has 0 aliphatic rings. The van der Waals surface area contributed by atoms with Gasteiger partial charge in [-0.2, -0.15) is 0 Å². The van der Waals surface area contributed by atoms with Gasteiger partial charge in [0.05, 0.1) is 0 Å². The lowest BCUT2D eigenvalue weighted by Crippen LogP contribution is -3.00. The van der Waals surface area contributed by atoms with E-state index < -0.39 is 0 Å². The van der Waals surface area contributed by atoms with E-state index in [-0.39, 0.29) is 12.4 Å². The number of hydrogen-bond donors (Lipinski definition) is 0. The molecular weight excluding hydrogens is 198 g/mol. The molecule has 2 nitrogen and oxygen atoms in total. The third kappa shape index (κ3) is 5.58. The third-order valence-corrected chi connectivity index (χ3v) is 1.19. The highest BCUT2D eigenvalue weighted by molar-refractivity contribution is 6.80. The first-order valence-corrected chi connectivity index (χ1v) is 5.24. The molecule has 0 spiro atoms. The average Bonchev–Trinajstić information content (AvgIpc) is 2.40. The maximum Gasteiger partial charge on any atom is 0.329 e. The van der Waals surface area contributed by atoms with Gasteiger partial charge >= 0.3 is 15.4 Å². The van der Waals surface area contributed by atoms with Gasteiger partial charge in [0.1, 0.15) is 0 Å². The fourth-order valence-corrected chi connectivity index (χ4v) is 0.689. The topological polar surface area (TPSA) is 9.86 Å². The predicted molar refractivity (Wildman–Crippen MR) is 46.5 cm³/mol. The minimum absolute atomic E-state index is 0. The largest absolute Gasteiger partial charge is 1.00 e. The van der Waals surface area contributed by atoms with Crippen molar-refractivity contribution < 1.29 is 12.4 Å².